The van der Waals surface area contributed by atoms with Gasteiger partial charge in [0.2, 0.25) is 0 Å². The van der Waals surface area contributed by atoms with Crippen LogP contribution in [0.25, 0.3) is 10.9 Å². The number of carboxylic acids is 1. The van der Waals surface area contributed by atoms with Crippen molar-refractivity contribution < 1.29 is 14.6 Å². The molecule has 0 saturated carbocycles. The first kappa shape index (κ1) is 13.3. The van der Waals surface area contributed by atoms with Crippen molar-refractivity contribution in [2.45, 2.75) is 20.3 Å². The first-order valence-electron chi connectivity index (χ1n) is 6.33. The van der Waals surface area contributed by atoms with E-state index >= 15 is 0 Å². The molecule has 2 aromatic rings. The van der Waals surface area contributed by atoms with E-state index in [4.69, 9.17) is 4.74 Å². The molecule has 1 aromatic carbocycles. The zero-order chi connectivity index (χ0) is 13.8. The van der Waals surface area contributed by atoms with E-state index in [2.05, 4.69) is 18.8 Å². The molecule has 0 aliphatic heterocycles. The molecule has 19 heavy (non-hydrogen) atoms. The highest BCUT2D eigenvalue weighted by atomic mass is 16.5. The highest BCUT2D eigenvalue weighted by Gasteiger charge is 2.16. The molecule has 1 heterocycles. The van der Waals surface area contributed by atoms with Crippen molar-refractivity contribution in [2.75, 3.05) is 6.61 Å². The first-order valence-corrected chi connectivity index (χ1v) is 6.33. The van der Waals surface area contributed by atoms with E-state index in [0.717, 1.165) is 6.42 Å². The average Bonchev–Trinajstić information content (AvgIpc) is 2.37. The molecular weight excluding hydrogens is 242 g/mol. The Balaban J connectivity index is 2.37. The number of carbonyl (C=O) groups is 1. The highest BCUT2D eigenvalue weighted by molar-refractivity contribution is 6.04. The first-order chi connectivity index (χ1) is 9.09. The van der Waals surface area contributed by atoms with Crippen LogP contribution >= 0.6 is 0 Å². The molecule has 0 spiro atoms. The zero-order valence-electron chi connectivity index (χ0n) is 11.1. The number of nitrogens with zero attached hydrogens (tertiary/aromatic N) is 1. The Morgan fingerprint density at radius 1 is 1.37 bits per heavy atom. The van der Waals surface area contributed by atoms with E-state index in [0.29, 0.717) is 29.2 Å². The van der Waals surface area contributed by atoms with Gasteiger partial charge in [-0.25, -0.2) is 4.79 Å². The molecule has 0 unspecified atom stereocenters. The molecular formula is C15H17NO3. The number of fused-ring (bicyclic) bond motifs is 1. The SMILES string of the molecule is CC(C)CCOc1cnc2ccccc2c1C(=O)O. The van der Waals surface area contributed by atoms with Gasteiger partial charge in [0.05, 0.1) is 18.3 Å². The van der Waals surface area contributed by atoms with Crippen LogP contribution in [0.3, 0.4) is 0 Å². The van der Waals surface area contributed by atoms with Crippen molar-refractivity contribution in [2.24, 2.45) is 5.92 Å². The minimum absolute atomic E-state index is 0.189. The van der Waals surface area contributed by atoms with Crippen molar-refractivity contribution >= 4 is 16.9 Å². The number of para-hydroxylation sites is 1. The molecule has 1 aromatic heterocycles. The number of rotatable bonds is 5. The lowest BCUT2D eigenvalue weighted by molar-refractivity contribution is 0.0694. The van der Waals surface area contributed by atoms with Crippen molar-refractivity contribution in [3.8, 4) is 5.75 Å². The van der Waals surface area contributed by atoms with Crippen molar-refractivity contribution in [1.29, 1.82) is 0 Å². The van der Waals surface area contributed by atoms with Gasteiger partial charge < -0.3 is 9.84 Å². The smallest absolute Gasteiger partial charge is 0.340 e. The molecule has 0 amide bonds. The molecule has 4 nitrogen and oxygen atoms in total. The van der Waals surface area contributed by atoms with E-state index in [1.807, 2.05) is 6.07 Å². The number of hydrogen-bond acceptors (Lipinski definition) is 3. The van der Waals surface area contributed by atoms with E-state index in [9.17, 15) is 9.90 Å². The van der Waals surface area contributed by atoms with Crippen LogP contribution in [0.15, 0.2) is 30.5 Å². The summed E-state index contributed by atoms with van der Waals surface area (Å²) in [6.45, 7) is 4.69. The van der Waals surface area contributed by atoms with Gasteiger partial charge in [0.1, 0.15) is 5.56 Å². The average molecular weight is 259 g/mol. The van der Waals surface area contributed by atoms with Crippen LogP contribution in [0.2, 0.25) is 0 Å². The molecule has 0 atom stereocenters. The Morgan fingerprint density at radius 3 is 2.79 bits per heavy atom. The van der Waals surface area contributed by atoms with Gasteiger partial charge in [-0.1, -0.05) is 32.0 Å². The summed E-state index contributed by atoms with van der Waals surface area (Å²) in [5.74, 6) is -0.133. The monoisotopic (exact) mass is 259 g/mol. The maximum atomic E-state index is 11.4. The predicted octanol–water partition coefficient (Wildman–Crippen LogP) is 3.36. The van der Waals surface area contributed by atoms with Crippen molar-refractivity contribution in [3.05, 3.63) is 36.0 Å². The van der Waals surface area contributed by atoms with Gasteiger partial charge in [0, 0.05) is 5.39 Å². The topological polar surface area (TPSA) is 59.4 Å². The Bertz CT molecular complexity index is 593. The summed E-state index contributed by atoms with van der Waals surface area (Å²) >= 11 is 0. The second-order valence-corrected chi connectivity index (χ2v) is 4.85. The number of ether oxygens (including phenoxy) is 1. The number of pyridine rings is 1. The Hall–Kier alpha value is -2.10. The van der Waals surface area contributed by atoms with Gasteiger partial charge in [0.25, 0.3) is 0 Å². The fourth-order valence-electron chi connectivity index (χ4n) is 1.86. The molecule has 0 radical (unpaired) electrons. The van der Waals surface area contributed by atoms with Crippen LogP contribution in [-0.2, 0) is 0 Å². The molecule has 0 bridgehead atoms. The van der Waals surface area contributed by atoms with Crippen LogP contribution in [0.5, 0.6) is 5.75 Å². The highest BCUT2D eigenvalue weighted by Crippen LogP contribution is 2.26. The summed E-state index contributed by atoms with van der Waals surface area (Å²) in [6, 6.07) is 7.18. The number of benzene rings is 1. The quantitative estimate of drug-likeness (QED) is 0.894. The maximum Gasteiger partial charge on any atom is 0.340 e. The van der Waals surface area contributed by atoms with Crippen LogP contribution in [0, 0.1) is 5.92 Å². The van der Waals surface area contributed by atoms with Crippen molar-refractivity contribution in [3.63, 3.8) is 0 Å². The Labute approximate surface area is 112 Å². The molecule has 1 N–H and O–H groups in total. The molecule has 0 aliphatic rings. The summed E-state index contributed by atoms with van der Waals surface area (Å²) in [5.41, 5.74) is 0.852. The summed E-state index contributed by atoms with van der Waals surface area (Å²) in [6.07, 6.45) is 2.37. The minimum atomic E-state index is -0.988. The third-order valence-corrected chi connectivity index (χ3v) is 2.91. The van der Waals surface area contributed by atoms with Gasteiger partial charge in [0.15, 0.2) is 5.75 Å². The van der Waals surface area contributed by atoms with E-state index in [1.165, 1.54) is 6.20 Å². The summed E-state index contributed by atoms with van der Waals surface area (Å²) in [4.78, 5) is 15.7. The number of hydrogen-bond donors (Lipinski definition) is 1. The zero-order valence-corrected chi connectivity index (χ0v) is 11.1. The molecule has 4 heteroatoms. The molecule has 0 saturated heterocycles. The van der Waals surface area contributed by atoms with Gasteiger partial charge >= 0.3 is 5.97 Å². The standard InChI is InChI=1S/C15H17NO3/c1-10(2)7-8-19-13-9-16-12-6-4-3-5-11(12)14(13)15(17)18/h3-6,9-10H,7-8H2,1-2H3,(H,17,18). The Morgan fingerprint density at radius 2 is 2.11 bits per heavy atom. The fraction of sp³-hybridized carbons (Fsp3) is 0.333. The number of aromatic nitrogens is 1. The lowest BCUT2D eigenvalue weighted by atomic mass is 10.1. The fourth-order valence-corrected chi connectivity index (χ4v) is 1.86. The second kappa shape index (κ2) is 5.69. The lowest BCUT2D eigenvalue weighted by Gasteiger charge is -2.11. The molecule has 0 fully saturated rings. The van der Waals surface area contributed by atoms with Gasteiger partial charge in [-0.3, -0.25) is 4.98 Å². The third-order valence-electron chi connectivity index (χ3n) is 2.91. The van der Waals surface area contributed by atoms with Crippen LogP contribution in [0.1, 0.15) is 30.6 Å². The van der Waals surface area contributed by atoms with Crippen LogP contribution in [-0.4, -0.2) is 22.7 Å². The third kappa shape index (κ3) is 3.02. The second-order valence-electron chi connectivity index (χ2n) is 4.85. The largest absolute Gasteiger partial charge is 0.491 e. The molecule has 0 aliphatic carbocycles. The maximum absolute atomic E-state index is 11.4. The molecule has 2 rings (SSSR count). The number of carboxylic acid groups (broad SMARTS) is 1. The normalized spacial score (nSPS) is 10.9. The van der Waals surface area contributed by atoms with Gasteiger partial charge in [-0.05, 0) is 18.4 Å². The van der Waals surface area contributed by atoms with Crippen LogP contribution < -0.4 is 4.74 Å². The Kier molecular flexibility index (Phi) is 4.00. The van der Waals surface area contributed by atoms with E-state index in [-0.39, 0.29) is 5.56 Å². The summed E-state index contributed by atoms with van der Waals surface area (Å²) < 4.78 is 5.57. The van der Waals surface area contributed by atoms with Gasteiger partial charge in [-0.15, -0.1) is 0 Å². The van der Waals surface area contributed by atoms with E-state index in [1.54, 1.807) is 18.2 Å². The van der Waals surface area contributed by atoms with Gasteiger partial charge in [-0.2, -0.15) is 0 Å². The van der Waals surface area contributed by atoms with Crippen LogP contribution in [0.4, 0.5) is 0 Å². The molecule has 100 valence electrons. The predicted molar refractivity (Wildman–Crippen MR) is 73.7 cm³/mol. The summed E-state index contributed by atoms with van der Waals surface area (Å²) in [7, 11) is 0. The van der Waals surface area contributed by atoms with E-state index < -0.39 is 5.97 Å². The minimum Gasteiger partial charge on any atom is -0.491 e. The summed E-state index contributed by atoms with van der Waals surface area (Å²) in [5, 5.41) is 9.97. The van der Waals surface area contributed by atoms with Crippen molar-refractivity contribution in [1.82, 2.24) is 4.98 Å². The lowest BCUT2D eigenvalue weighted by Crippen LogP contribution is -2.07. The number of aromatic carboxylic acids is 1.